The van der Waals surface area contributed by atoms with Crippen LogP contribution in [0.2, 0.25) is 0 Å². The van der Waals surface area contributed by atoms with Gasteiger partial charge in [0.25, 0.3) is 0 Å². The molecule has 0 radical (unpaired) electrons. The molecule has 0 N–H and O–H groups in total. The Balaban J connectivity index is 4.20. The number of carbonyl (C=O) groups excluding carboxylic acids is 1. The maximum atomic E-state index is 11.7. The summed E-state index contributed by atoms with van der Waals surface area (Å²) < 4.78 is 10.0. The second-order valence-electron chi connectivity index (χ2n) is 4.83. The molecule has 0 saturated carbocycles. The molecule has 0 saturated heterocycles. The molecule has 0 bridgehead atoms. The van der Waals surface area contributed by atoms with Crippen LogP contribution in [0.4, 0.5) is 0 Å². The highest BCUT2D eigenvalue weighted by Gasteiger charge is 2.21. The fraction of sp³-hybridized carbons (Fsp3) is 0.833. The summed E-state index contributed by atoms with van der Waals surface area (Å²) in [4.78, 5) is 16.0. The van der Waals surface area contributed by atoms with Crippen LogP contribution < -0.4 is 0 Å². The van der Waals surface area contributed by atoms with Gasteiger partial charge in [-0.15, -0.1) is 0 Å². The normalized spacial score (nSPS) is 13.3. The van der Waals surface area contributed by atoms with Crippen molar-refractivity contribution in [1.29, 1.82) is 0 Å². The Morgan fingerprint density at radius 1 is 1.25 bits per heavy atom. The second kappa shape index (κ2) is 6.76. The fourth-order valence-corrected chi connectivity index (χ4v) is 1.03. The van der Waals surface area contributed by atoms with E-state index in [9.17, 15) is 4.79 Å². The van der Waals surface area contributed by atoms with Crippen molar-refractivity contribution in [3.05, 3.63) is 0 Å². The van der Waals surface area contributed by atoms with Crippen LogP contribution >= 0.6 is 0 Å². The summed E-state index contributed by atoms with van der Waals surface area (Å²) in [5.74, 6) is 0.195. The van der Waals surface area contributed by atoms with Gasteiger partial charge >= 0.3 is 0 Å². The predicted molar refractivity (Wildman–Crippen MR) is 64.9 cm³/mol. The number of Topliss-reactive ketones (excluding diaryl/α,β-unsaturated/α-hetero) is 1. The van der Waals surface area contributed by atoms with E-state index in [-0.39, 0.29) is 17.5 Å². The van der Waals surface area contributed by atoms with Gasteiger partial charge in [-0.25, -0.2) is 0 Å². The third-order valence-electron chi connectivity index (χ3n) is 2.29. The zero-order valence-electron chi connectivity index (χ0n) is 11.2. The highest BCUT2D eigenvalue weighted by molar-refractivity contribution is 6.02. The molecular weight excluding hydrogens is 206 g/mol. The molecule has 0 aromatic carbocycles. The zero-order valence-corrected chi connectivity index (χ0v) is 11.2. The lowest BCUT2D eigenvalue weighted by Crippen LogP contribution is -2.23. The van der Waals surface area contributed by atoms with Gasteiger partial charge in [-0.1, -0.05) is 20.8 Å². The van der Waals surface area contributed by atoms with Crippen LogP contribution in [0.15, 0.2) is 4.99 Å². The van der Waals surface area contributed by atoms with Gasteiger partial charge in [-0.05, 0) is 6.92 Å². The average molecular weight is 229 g/mol. The van der Waals surface area contributed by atoms with Crippen LogP contribution in [0.1, 0.15) is 34.1 Å². The highest BCUT2D eigenvalue weighted by atomic mass is 16.7. The minimum atomic E-state index is -0.334. The molecule has 0 aliphatic carbocycles. The standard InChI is InChI=1S/C12H23NO3/c1-9(7-10(14)12(2,3)4)13-8-11(15-5)16-6/h11H,7-8H2,1-6H3. The number of carbonyl (C=O) groups is 1. The van der Waals surface area contributed by atoms with E-state index in [1.54, 1.807) is 14.2 Å². The number of hydrogen-bond acceptors (Lipinski definition) is 4. The zero-order chi connectivity index (χ0) is 12.8. The highest BCUT2D eigenvalue weighted by Crippen LogP contribution is 2.16. The molecule has 0 aromatic rings. The summed E-state index contributed by atoms with van der Waals surface area (Å²) in [5, 5.41) is 0. The maximum absolute atomic E-state index is 11.7. The van der Waals surface area contributed by atoms with Crippen molar-refractivity contribution in [2.45, 2.75) is 40.4 Å². The molecule has 0 unspecified atom stereocenters. The molecule has 0 fully saturated rings. The first kappa shape index (κ1) is 15.3. The summed E-state index contributed by atoms with van der Waals surface area (Å²) in [6.07, 6.45) is 0.0589. The molecule has 0 amide bonds. The largest absolute Gasteiger partial charge is 0.354 e. The first-order chi connectivity index (χ1) is 7.31. The van der Waals surface area contributed by atoms with Crippen LogP contribution in [-0.4, -0.2) is 38.5 Å². The van der Waals surface area contributed by atoms with E-state index in [1.165, 1.54) is 0 Å². The molecule has 0 spiro atoms. The van der Waals surface area contributed by atoms with Crippen molar-refractivity contribution in [1.82, 2.24) is 0 Å². The van der Waals surface area contributed by atoms with E-state index in [0.29, 0.717) is 13.0 Å². The van der Waals surface area contributed by atoms with E-state index >= 15 is 0 Å². The van der Waals surface area contributed by atoms with Gasteiger partial charge in [0, 0.05) is 31.8 Å². The number of aliphatic imine (C=N–C) groups is 1. The molecule has 0 aliphatic rings. The lowest BCUT2D eigenvalue weighted by Gasteiger charge is -2.16. The Labute approximate surface area is 98.0 Å². The number of hydrogen-bond donors (Lipinski definition) is 0. The van der Waals surface area contributed by atoms with Gasteiger partial charge < -0.3 is 9.47 Å². The summed E-state index contributed by atoms with van der Waals surface area (Å²) in [5.41, 5.74) is 0.512. The van der Waals surface area contributed by atoms with E-state index in [4.69, 9.17) is 9.47 Å². The predicted octanol–water partition coefficient (Wildman–Crippen LogP) is 2.07. The SMILES string of the molecule is COC(CN=C(C)CC(=O)C(C)(C)C)OC. The van der Waals surface area contributed by atoms with E-state index in [2.05, 4.69) is 4.99 Å². The van der Waals surface area contributed by atoms with E-state index in [0.717, 1.165) is 5.71 Å². The van der Waals surface area contributed by atoms with E-state index < -0.39 is 0 Å². The van der Waals surface area contributed by atoms with Crippen LogP contribution in [-0.2, 0) is 14.3 Å². The van der Waals surface area contributed by atoms with Gasteiger partial charge in [0.05, 0.1) is 6.54 Å². The molecule has 0 atom stereocenters. The van der Waals surface area contributed by atoms with Crippen LogP contribution in [0.25, 0.3) is 0 Å². The first-order valence-electron chi connectivity index (χ1n) is 5.40. The van der Waals surface area contributed by atoms with Crippen LogP contribution in [0.5, 0.6) is 0 Å². The van der Waals surface area contributed by atoms with Crippen molar-refractivity contribution in [3.8, 4) is 0 Å². The van der Waals surface area contributed by atoms with Gasteiger partial charge in [-0.3, -0.25) is 9.79 Å². The van der Waals surface area contributed by atoms with Crippen molar-refractivity contribution in [2.75, 3.05) is 20.8 Å². The smallest absolute Gasteiger partial charge is 0.176 e. The van der Waals surface area contributed by atoms with Gasteiger partial charge in [0.2, 0.25) is 0 Å². The molecule has 0 aliphatic heterocycles. The van der Waals surface area contributed by atoms with Crippen molar-refractivity contribution in [2.24, 2.45) is 10.4 Å². The topological polar surface area (TPSA) is 47.9 Å². The Kier molecular flexibility index (Phi) is 6.45. The monoisotopic (exact) mass is 229 g/mol. The fourth-order valence-electron chi connectivity index (χ4n) is 1.03. The van der Waals surface area contributed by atoms with Gasteiger partial charge in [-0.2, -0.15) is 0 Å². The molecule has 16 heavy (non-hydrogen) atoms. The van der Waals surface area contributed by atoms with Crippen molar-refractivity contribution >= 4 is 11.5 Å². The number of rotatable bonds is 6. The van der Waals surface area contributed by atoms with E-state index in [1.807, 2.05) is 27.7 Å². The molecular formula is C12H23NO3. The first-order valence-corrected chi connectivity index (χ1v) is 5.40. The minimum Gasteiger partial charge on any atom is -0.354 e. The molecule has 0 heterocycles. The number of methoxy groups -OCH3 is 2. The summed E-state index contributed by atoms with van der Waals surface area (Å²) >= 11 is 0. The Hall–Kier alpha value is -0.740. The number of ketones is 1. The third kappa shape index (κ3) is 5.98. The quantitative estimate of drug-likeness (QED) is 0.517. The molecule has 4 nitrogen and oxygen atoms in total. The lowest BCUT2D eigenvalue weighted by molar-refractivity contribution is -0.125. The molecule has 4 heteroatoms. The number of ether oxygens (including phenoxy) is 2. The van der Waals surface area contributed by atoms with Gasteiger partial charge in [0.15, 0.2) is 6.29 Å². The molecule has 94 valence electrons. The number of nitrogens with zero attached hydrogens (tertiary/aromatic N) is 1. The average Bonchev–Trinajstić information content (AvgIpc) is 2.17. The van der Waals surface area contributed by atoms with Crippen LogP contribution in [0, 0.1) is 5.41 Å². The van der Waals surface area contributed by atoms with Crippen LogP contribution in [0.3, 0.4) is 0 Å². The van der Waals surface area contributed by atoms with Gasteiger partial charge in [0.1, 0.15) is 5.78 Å². The third-order valence-corrected chi connectivity index (χ3v) is 2.29. The Bertz CT molecular complexity index is 249. The molecule has 0 aromatic heterocycles. The minimum absolute atomic E-state index is 0.195. The summed E-state index contributed by atoms with van der Waals surface area (Å²) in [7, 11) is 3.14. The van der Waals surface area contributed by atoms with Crippen molar-refractivity contribution in [3.63, 3.8) is 0 Å². The summed E-state index contributed by atoms with van der Waals surface area (Å²) in [6, 6.07) is 0. The lowest BCUT2D eigenvalue weighted by atomic mass is 9.88. The Morgan fingerprint density at radius 2 is 1.75 bits per heavy atom. The maximum Gasteiger partial charge on any atom is 0.176 e. The molecule has 0 rings (SSSR count). The van der Waals surface area contributed by atoms with Crippen molar-refractivity contribution < 1.29 is 14.3 Å². The Morgan fingerprint density at radius 3 is 2.12 bits per heavy atom. The second-order valence-corrected chi connectivity index (χ2v) is 4.83. The summed E-state index contributed by atoms with van der Waals surface area (Å²) in [6.45, 7) is 8.02.